The van der Waals surface area contributed by atoms with Crippen LogP contribution >= 0.6 is 15.9 Å². The fourth-order valence-electron chi connectivity index (χ4n) is 1.02. The van der Waals surface area contributed by atoms with E-state index in [2.05, 4.69) is 15.9 Å². The lowest BCUT2D eigenvalue weighted by Crippen LogP contribution is -1.89. The van der Waals surface area contributed by atoms with E-state index in [4.69, 9.17) is 5.11 Å². The minimum atomic E-state index is 0.162. The third-order valence-electron chi connectivity index (χ3n) is 1.65. The number of benzene rings is 1. The molecule has 66 valence electrons. The average molecular weight is 231 g/mol. The van der Waals surface area contributed by atoms with Gasteiger partial charge in [0, 0.05) is 11.1 Å². The minimum absolute atomic E-state index is 0.162. The molecule has 0 fully saturated rings. The van der Waals surface area contributed by atoms with Crippen molar-refractivity contribution in [3.8, 4) is 5.75 Å². The Morgan fingerprint density at radius 1 is 1.33 bits per heavy atom. The zero-order chi connectivity index (χ0) is 8.97. The van der Waals surface area contributed by atoms with Gasteiger partial charge in [0.15, 0.2) is 0 Å². The molecule has 0 saturated heterocycles. The monoisotopic (exact) mass is 230 g/mol. The van der Waals surface area contributed by atoms with E-state index in [0.29, 0.717) is 6.42 Å². The van der Waals surface area contributed by atoms with Crippen LogP contribution < -0.4 is 0 Å². The molecule has 0 radical (unpaired) electrons. The Kier molecular flexibility index (Phi) is 3.56. The van der Waals surface area contributed by atoms with Crippen LogP contribution in [0.5, 0.6) is 5.75 Å². The highest BCUT2D eigenvalue weighted by Gasteiger charge is 2.00. The topological polar surface area (TPSA) is 40.5 Å². The molecular weight excluding hydrogens is 220 g/mol. The highest BCUT2D eigenvalue weighted by molar-refractivity contribution is 9.10. The van der Waals surface area contributed by atoms with Gasteiger partial charge in [-0.05, 0) is 30.5 Å². The molecule has 1 aromatic carbocycles. The summed E-state index contributed by atoms with van der Waals surface area (Å²) in [5.41, 5.74) is 0.882. The molecule has 12 heavy (non-hydrogen) atoms. The van der Waals surface area contributed by atoms with Crippen molar-refractivity contribution in [3.63, 3.8) is 0 Å². The van der Waals surface area contributed by atoms with Crippen LogP contribution in [0.4, 0.5) is 0 Å². The van der Waals surface area contributed by atoms with Gasteiger partial charge in [-0.15, -0.1) is 0 Å². The summed E-state index contributed by atoms with van der Waals surface area (Å²) in [5.74, 6) is 0.290. The fourth-order valence-corrected chi connectivity index (χ4v) is 1.37. The van der Waals surface area contributed by atoms with Crippen LogP contribution in [0, 0.1) is 0 Å². The van der Waals surface area contributed by atoms with E-state index in [9.17, 15) is 5.11 Å². The molecule has 2 nitrogen and oxygen atoms in total. The Morgan fingerprint density at radius 2 is 2.08 bits per heavy atom. The first-order valence-corrected chi connectivity index (χ1v) is 4.61. The molecule has 0 saturated carbocycles. The predicted molar refractivity (Wildman–Crippen MR) is 51.2 cm³/mol. The highest BCUT2D eigenvalue weighted by Crippen LogP contribution is 2.23. The van der Waals surface area contributed by atoms with E-state index in [1.54, 1.807) is 6.07 Å². The van der Waals surface area contributed by atoms with Gasteiger partial charge in [0.1, 0.15) is 5.75 Å². The van der Waals surface area contributed by atoms with Gasteiger partial charge in [-0.2, -0.15) is 0 Å². The number of rotatable bonds is 3. The predicted octanol–water partition coefficient (Wildman–Crippen LogP) is 2.08. The van der Waals surface area contributed by atoms with Gasteiger partial charge in [0.05, 0.1) is 0 Å². The van der Waals surface area contributed by atoms with Gasteiger partial charge in [-0.3, -0.25) is 0 Å². The van der Waals surface area contributed by atoms with Crippen LogP contribution in [0.25, 0.3) is 0 Å². The average Bonchev–Trinajstić information content (AvgIpc) is 2.03. The summed E-state index contributed by atoms with van der Waals surface area (Å²) in [6, 6.07) is 5.40. The van der Waals surface area contributed by atoms with Gasteiger partial charge in [-0.25, -0.2) is 0 Å². The molecule has 0 amide bonds. The van der Waals surface area contributed by atoms with E-state index in [1.165, 1.54) is 0 Å². The van der Waals surface area contributed by atoms with Crippen LogP contribution in [0.2, 0.25) is 0 Å². The van der Waals surface area contributed by atoms with Crippen LogP contribution in [0.3, 0.4) is 0 Å². The number of hydrogen-bond acceptors (Lipinski definition) is 2. The molecule has 0 aromatic heterocycles. The first-order chi connectivity index (χ1) is 5.74. The van der Waals surface area contributed by atoms with Crippen molar-refractivity contribution in [2.75, 3.05) is 6.61 Å². The molecule has 0 aliphatic heterocycles. The molecule has 1 aromatic rings. The second-order valence-corrected chi connectivity index (χ2v) is 3.52. The second kappa shape index (κ2) is 4.48. The summed E-state index contributed by atoms with van der Waals surface area (Å²) in [6.45, 7) is 0.162. The Balaban J connectivity index is 2.72. The van der Waals surface area contributed by atoms with Crippen molar-refractivity contribution in [2.24, 2.45) is 0 Å². The van der Waals surface area contributed by atoms with E-state index in [0.717, 1.165) is 16.5 Å². The van der Waals surface area contributed by atoms with Gasteiger partial charge in [-0.1, -0.05) is 22.0 Å². The largest absolute Gasteiger partial charge is 0.508 e. The molecule has 0 aliphatic rings. The normalized spacial score (nSPS) is 10.2. The van der Waals surface area contributed by atoms with Gasteiger partial charge in [0.2, 0.25) is 0 Å². The number of phenolic OH excluding ortho intramolecular Hbond substituents is 1. The lowest BCUT2D eigenvalue weighted by molar-refractivity contribution is 0.288. The number of aromatic hydroxyl groups is 1. The molecule has 0 aliphatic carbocycles. The van der Waals surface area contributed by atoms with E-state index >= 15 is 0 Å². The van der Waals surface area contributed by atoms with Crippen molar-refractivity contribution in [1.29, 1.82) is 0 Å². The summed E-state index contributed by atoms with van der Waals surface area (Å²) in [5, 5.41) is 18.0. The Labute approximate surface area is 80.0 Å². The molecule has 0 bridgehead atoms. The lowest BCUT2D eigenvalue weighted by Gasteiger charge is -2.02. The third-order valence-corrected chi connectivity index (χ3v) is 2.14. The first-order valence-electron chi connectivity index (χ1n) is 3.82. The Hall–Kier alpha value is -0.540. The third kappa shape index (κ3) is 2.50. The van der Waals surface area contributed by atoms with Crippen molar-refractivity contribution < 1.29 is 10.2 Å². The highest BCUT2D eigenvalue weighted by atomic mass is 79.9. The second-order valence-electron chi connectivity index (χ2n) is 2.60. The number of hydrogen-bond donors (Lipinski definition) is 2. The van der Waals surface area contributed by atoms with Crippen molar-refractivity contribution in [2.45, 2.75) is 12.8 Å². The molecule has 3 heteroatoms. The molecular formula is C9H11BrO2. The van der Waals surface area contributed by atoms with Gasteiger partial charge >= 0.3 is 0 Å². The number of phenols is 1. The van der Waals surface area contributed by atoms with Crippen molar-refractivity contribution in [1.82, 2.24) is 0 Å². The van der Waals surface area contributed by atoms with E-state index < -0.39 is 0 Å². The first kappa shape index (κ1) is 9.55. The van der Waals surface area contributed by atoms with Gasteiger partial charge < -0.3 is 10.2 Å². The van der Waals surface area contributed by atoms with Crippen molar-refractivity contribution >= 4 is 15.9 Å². The summed E-state index contributed by atoms with van der Waals surface area (Å²) in [7, 11) is 0. The quantitative estimate of drug-likeness (QED) is 0.835. The minimum Gasteiger partial charge on any atom is -0.508 e. The maximum Gasteiger partial charge on any atom is 0.119 e. The molecule has 0 unspecified atom stereocenters. The zero-order valence-electron chi connectivity index (χ0n) is 6.63. The van der Waals surface area contributed by atoms with Crippen LogP contribution in [-0.2, 0) is 6.42 Å². The smallest absolute Gasteiger partial charge is 0.119 e. The molecule has 1 rings (SSSR count). The molecule has 0 spiro atoms. The molecule has 2 N–H and O–H groups in total. The lowest BCUT2D eigenvalue weighted by atomic mass is 10.1. The Bertz CT molecular complexity index is 261. The number of aliphatic hydroxyl groups is 1. The maximum atomic E-state index is 9.41. The van der Waals surface area contributed by atoms with Crippen molar-refractivity contribution in [3.05, 3.63) is 28.2 Å². The Morgan fingerprint density at radius 3 is 2.67 bits per heavy atom. The molecule has 0 heterocycles. The SMILES string of the molecule is OCCCc1ccc(Br)cc1O. The molecule has 0 atom stereocenters. The standard InChI is InChI=1S/C9H11BrO2/c10-8-4-3-7(2-1-5-11)9(12)6-8/h3-4,6,11-12H,1-2,5H2. The number of halogens is 1. The van der Waals surface area contributed by atoms with Gasteiger partial charge in [0.25, 0.3) is 0 Å². The summed E-state index contributed by atoms with van der Waals surface area (Å²) in [4.78, 5) is 0. The van der Waals surface area contributed by atoms with E-state index in [1.807, 2.05) is 12.1 Å². The fraction of sp³-hybridized carbons (Fsp3) is 0.333. The zero-order valence-corrected chi connectivity index (χ0v) is 8.21. The summed E-state index contributed by atoms with van der Waals surface area (Å²) < 4.78 is 0.868. The summed E-state index contributed by atoms with van der Waals surface area (Å²) in [6.07, 6.45) is 1.41. The van der Waals surface area contributed by atoms with Crippen LogP contribution in [-0.4, -0.2) is 16.8 Å². The van der Waals surface area contributed by atoms with E-state index in [-0.39, 0.29) is 12.4 Å². The summed E-state index contributed by atoms with van der Waals surface area (Å²) >= 11 is 3.26. The van der Waals surface area contributed by atoms with Crippen LogP contribution in [0.15, 0.2) is 22.7 Å². The maximum absolute atomic E-state index is 9.41. The van der Waals surface area contributed by atoms with Crippen LogP contribution in [0.1, 0.15) is 12.0 Å². The number of aryl methyl sites for hydroxylation is 1. The number of aliphatic hydroxyl groups excluding tert-OH is 1.